The van der Waals surface area contributed by atoms with Gasteiger partial charge in [0.05, 0.1) is 30.6 Å². The molecule has 1 unspecified atom stereocenters. The largest absolute Gasteiger partial charge is 0.394 e. The van der Waals surface area contributed by atoms with Crippen molar-refractivity contribution in [1.82, 2.24) is 9.80 Å². The van der Waals surface area contributed by atoms with E-state index in [4.69, 9.17) is 4.74 Å². The molecule has 0 saturated carbocycles. The highest BCUT2D eigenvalue weighted by Crippen LogP contribution is 2.54. The maximum absolute atomic E-state index is 14.7. The molecular formula is C35H35N3O5. The molecule has 7 rings (SSSR count). The van der Waals surface area contributed by atoms with Gasteiger partial charge in [-0.2, -0.15) is 0 Å². The molecule has 3 amide bonds. The van der Waals surface area contributed by atoms with Crippen molar-refractivity contribution in [2.75, 3.05) is 24.6 Å². The molecule has 1 spiro atoms. The third-order valence-electron chi connectivity index (χ3n) is 9.52. The lowest BCUT2D eigenvalue weighted by Crippen LogP contribution is -2.58. The van der Waals surface area contributed by atoms with Gasteiger partial charge in [0, 0.05) is 25.3 Å². The number of likely N-dealkylation sites (tertiary alicyclic amines) is 1. The number of carbonyl (C=O) groups excluding carboxylic acids is 3. The Morgan fingerprint density at radius 1 is 0.907 bits per heavy atom. The highest BCUT2D eigenvalue weighted by Gasteiger charge is 2.72. The number of anilines is 1. The summed E-state index contributed by atoms with van der Waals surface area (Å²) in [5.74, 6) is -2.45. The predicted molar refractivity (Wildman–Crippen MR) is 163 cm³/mol. The van der Waals surface area contributed by atoms with Gasteiger partial charge in [-0.15, -0.1) is 0 Å². The number of carbonyl (C=O) groups is 3. The number of benzene rings is 3. The van der Waals surface area contributed by atoms with Gasteiger partial charge in [0.1, 0.15) is 11.6 Å². The summed E-state index contributed by atoms with van der Waals surface area (Å²) in [6.07, 6.45) is 7.34. The van der Waals surface area contributed by atoms with Crippen LogP contribution in [0.3, 0.4) is 0 Å². The van der Waals surface area contributed by atoms with Gasteiger partial charge in [0.25, 0.3) is 5.91 Å². The number of rotatable bonds is 6. The van der Waals surface area contributed by atoms with Crippen molar-refractivity contribution in [2.45, 2.75) is 43.7 Å². The summed E-state index contributed by atoms with van der Waals surface area (Å²) in [6.45, 7) is 2.70. The minimum Gasteiger partial charge on any atom is -0.394 e. The van der Waals surface area contributed by atoms with Crippen molar-refractivity contribution >= 4 is 34.2 Å². The Morgan fingerprint density at radius 2 is 1.67 bits per heavy atom. The SMILES string of the molecule is CC[C@@H](CO)N1C(=O)[C@@H]2[C@H]3C(=O)N(Cc4ccccc4)CC=C[C@H]3O[C@@]23C=CCN(c2ccc4ccccc4c2)C(=O)C13. The molecular weight excluding hydrogens is 542 g/mol. The van der Waals surface area contributed by atoms with Crippen LogP contribution >= 0.6 is 0 Å². The van der Waals surface area contributed by atoms with Crippen LogP contribution in [-0.4, -0.2) is 76.1 Å². The van der Waals surface area contributed by atoms with E-state index in [0.29, 0.717) is 26.1 Å². The van der Waals surface area contributed by atoms with E-state index in [-0.39, 0.29) is 24.3 Å². The number of aliphatic hydroxyl groups is 1. The Balaban J connectivity index is 1.30. The van der Waals surface area contributed by atoms with Crippen LogP contribution in [0.2, 0.25) is 0 Å². The molecule has 2 fully saturated rings. The third-order valence-corrected chi connectivity index (χ3v) is 9.52. The van der Waals surface area contributed by atoms with Crippen LogP contribution in [0.4, 0.5) is 5.69 Å². The summed E-state index contributed by atoms with van der Waals surface area (Å²) >= 11 is 0. The van der Waals surface area contributed by atoms with E-state index < -0.39 is 35.6 Å². The second-order valence-electron chi connectivity index (χ2n) is 11.8. The summed E-state index contributed by atoms with van der Waals surface area (Å²) < 4.78 is 6.76. The molecule has 1 N–H and O–H groups in total. The van der Waals surface area contributed by atoms with E-state index in [1.54, 1.807) is 9.80 Å². The fourth-order valence-corrected chi connectivity index (χ4v) is 7.46. The summed E-state index contributed by atoms with van der Waals surface area (Å²) in [5, 5.41) is 12.5. The smallest absolute Gasteiger partial charge is 0.253 e. The summed E-state index contributed by atoms with van der Waals surface area (Å²) in [7, 11) is 0. The second-order valence-corrected chi connectivity index (χ2v) is 11.8. The van der Waals surface area contributed by atoms with Crippen LogP contribution in [0.5, 0.6) is 0 Å². The first kappa shape index (κ1) is 27.6. The molecule has 4 heterocycles. The molecule has 0 bridgehead atoms. The van der Waals surface area contributed by atoms with Gasteiger partial charge >= 0.3 is 0 Å². The van der Waals surface area contributed by atoms with Gasteiger partial charge in [-0.05, 0) is 34.9 Å². The molecule has 6 atom stereocenters. The molecule has 220 valence electrons. The molecule has 8 nitrogen and oxygen atoms in total. The van der Waals surface area contributed by atoms with Crippen LogP contribution in [0.1, 0.15) is 18.9 Å². The molecule has 0 radical (unpaired) electrons. The van der Waals surface area contributed by atoms with E-state index in [1.165, 1.54) is 4.90 Å². The highest BCUT2D eigenvalue weighted by molar-refractivity contribution is 6.06. The van der Waals surface area contributed by atoms with E-state index in [2.05, 4.69) is 0 Å². The predicted octanol–water partition coefficient (Wildman–Crippen LogP) is 3.69. The number of fused-ring (bicyclic) bond motifs is 3. The van der Waals surface area contributed by atoms with Crippen molar-refractivity contribution in [3.8, 4) is 0 Å². The number of ether oxygens (including phenoxy) is 1. The van der Waals surface area contributed by atoms with Crippen molar-refractivity contribution in [3.63, 3.8) is 0 Å². The number of aliphatic hydroxyl groups excluding tert-OH is 1. The second kappa shape index (κ2) is 10.8. The van der Waals surface area contributed by atoms with E-state index in [1.807, 2.05) is 104 Å². The van der Waals surface area contributed by atoms with Crippen LogP contribution in [0, 0.1) is 11.8 Å². The van der Waals surface area contributed by atoms with Gasteiger partial charge in [0.15, 0.2) is 0 Å². The third kappa shape index (κ3) is 4.31. The number of hydrogen-bond acceptors (Lipinski definition) is 5. The lowest BCUT2D eigenvalue weighted by molar-refractivity contribution is -0.147. The molecule has 0 aromatic heterocycles. The van der Waals surface area contributed by atoms with Crippen molar-refractivity contribution in [2.24, 2.45) is 11.8 Å². The van der Waals surface area contributed by atoms with Gasteiger partial charge < -0.3 is 24.5 Å². The van der Waals surface area contributed by atoms with Crippen molar-refractivity contribution < 1.29 is 24.2 Å². The monoisotopic (exact) mass is 577 g/mol. The minimum atomic E-state index is -1.34. The zero-order valence-corrected chi connectivity index (χ0v) is 24.1. The molecule has 2 saturated heterocycles. The Hall–Kier alpha value is -4.27. The summed E-state index contributed by atoms with van der Waals surface area (Å²) in [4.78, 5) is 48.4. The Morgan fingerprint density at radius 3 is 2.44 bits per heavy atom. The topological polar surface area (TPSA) is 90.4 Å². The summed E-state index contributed by atoms with van der Waals surface area (Å²) in [6, 6.07) is 22.0. The molecule has 0 aliphatic carbocycles. The standard InChI is InChI=1S/C35H35N3O5/c1-2-26(22-39)38-31-34(42)37(27-16-15-24-12-6-7-13-25(24)20-27)19-9-17-35(31)30(33(38)41)29-28(43-35)14-8-18-36(32(29)40)21-23-10-4-3-5-11-23/h3-17,20,26,28-31,39H,2,18-19,21-22H2,1H3/t26-,28+,29-,30-,31?,35-/m0/s1. The first-order valence-corrected chi connectivity index (χ1v) is 15.0. The van der Waals surface area contributed by atoms with E-state index >= 15 is 0 Å². The maximum Gasteiger partial charge on any atom is 0.253 e. The van der Waals surface area contributed by atoms with E-state index in [0.717, 1.165) is 22.0 Å². The number of amides is 3. The van der Waals surface area contributed by atoms with Gasteiger partial charge in [0.2, 0.25) is 11.8 Å². The molecule has 4 aliphatic rings. The normalized spacial score (nSPS) is 29.0. The lowest BCUT2D eigenvalue weighted by atomic mass is 9.77. The van der Waals surface area contributed by atoms with Crippen LogP contribution in [-0.2, 0) is 25.7 Å². The Labute approximate surface area is 250 Å². The van der Waals surface area contributed by atoms with Gasteiger partial charge in [-0.3, -0.25) is 14.4 Å². The van der Waals surface area contributed by atoms with E-state index in [9.17, 15) is 19.5 Å². The number of hydrogen-bond donors (Lipinski definition) is 1. The fourth-order valence-electron chi connectivity index (χ4n) is 7.46. The Kier molecular flexibility index (Phi) is 6.91. The Bertz CT molecular complexity index is 1630. The maximum atomic E-state index is 14.7. The summed E-state index contributed by atoms with van der Waals surface area (Å²) in [5.41, 5.74) is 0.374. The molecule has 43 heavy (non-hydrogen) atoms. The highest BCUT2D eigenvalue weighted by atomic mass is 16.5. The molecule has 3 aromatic rings. The van der Waals surface area contributed by atoms with Crippen LogP contribution in [0.15, 0.2) is 97.1 Å². The average Bonchev–Trinajstić information content (AvgIpc) is 3.35. The van der Waals surface area contributed by atoms with Crippen LogP contribution in [0.25, 0.3) is 10.8 Å². The zero-order valence-electron chi connectivity index (χ0n) is 24.1. The minimum absolute atomic E-state index is 0.164. The fraction of sp³-hybridized carbons (Fsp3) is 0.343. The van der Waals surface area contributed by atoms with Gasteiger partial charge in [-0.25, -0.2) is 0 Å². The molecule has 8 heteroatoms. The number of nitrogens with zero attached hydrogens (tertiary/aromatic N) is 3. The van der Waals surface area contributed by atoms with Crippen molar-refractivity contribution in [3.05, 3.63) is 103 Å². The molecule has 3 aromatic carbocycles. The molecule has 4 aliphatic heterocycles. The lowest BCUT2D eigenvalue weighted by Gasteiger charge is -2.38. The first-order chi connectivity index (χ1) is 21.0. The zero-order chi connectivity index (χ0) is 29.7. The quantitative estimate of drug-likeness (QED) is 0.452. The van der Waals surface area contributed by atoms with Crippen molar-refractivity contribution in [1.29, 1.82) is 0 Å². The first-order valence-electron chi connectivity index (χ1n) is 15.0. The average molecular weight is 578 g/mol. The van der Waals surface area contributed by atoms with Gasteiger partial charge in [-0.1, -0.05) is 91.9 Å². The van der Waals surface area contributed by atoms with Crippen LogP contribution < -0.4 is 4.90 Å².